The van der Waals surface area contributed by atoms with Crippen LogP contribution in [0.4, 0.5) is 0 Å². The lowest BCUT2D eigenvalue weighted by Gasteiger charge is -2.32. The third kappa shape index (κ3) is 4.65. The number of nitrogens with zero attached hydrogens (tertiary/aromatic N) is 2. The molecule has 1 aliphatic heterocycles. The predicted octanol–water partition coefficient (Wildman–Crippen LogP) is -0.713. The molecular formula is C15H26N2O6. The molecule has 1 fully saturated rings. The molecule has 0 saturated carbocycles. The molecule has 0 unspecified atom stereocenters. The molecule has 0 aromatic carbocycles. The smallest absolute Gasteiger partial charge is 0.326 e. The fourth-order valence-corrected chi connectivity index (χ4v) is 2.79. The van der Waals surface area contributed by atoms with Gasteiger partial charge in [0.25, 0.3) is 5.91 Å². The molecule has 0 aliphatic carbocycles. The number of carbonyl (C=O) groups excluding carboxylic acids is 2. The van der Waals surface area contributed by atoms with Crippen molar-refractivity contribution in [3.63, 3.8) is 0 Å². The molecule has 0 bridgehead atoms. The molecule has 0 aromatic rings. The van der Waals surface area contributed by atoms with E-state index in [0.717, 1.165) is 9.80 Å². The Morgan fingerprint density at radius 1 is 1.26 bits per heavy atom. The van der Waals surface area contributed by atoms with Crippen LogP contribution in [0.2, 0.25) is 0 Å². The van der Waals surface area contributed by atoms with E-state index in [-0.39, 0.29) is 25.3 Å². The molecule has 1 heterocycles. The third-order valence-corrected chi connectivity index (χ3v) is 4.00. The second-order valence-electron chi connectivity index (χ2n) is 6.50. The van der Waals surface area contributed by atoms with Gasteiger partial charge in [-0.15, -0.1) is 0 Å². The van der Waals surface area contributed by atoms with Crippen molar-refractivity contribution in [2.45, 2.75) is 57.9 Å². The Morgan fingerprint density at radius 3 is 2.26 bits per heavy atom. The number of hydrogen-bond donors (Lipinski definition) is 3. The second kappa shape index (κ2) is 7.74. The lowest BCUT2D eigenvalue weighted by Crippen LogP contribution is -2.53. The number of likely N-dealkylation sites (N-methyl/N-ethyl adjacent to an activating group) is 1. The number of aliphatic hydroxyl groups is 2. The number of carboxylic acids is 1. The van der Waals surface area contributed by atoms with Crippen LogP contribution in [0.3, 0.4) is 0 Å². The van der Waals surface area contributed by atoms with E-state index in [9.17, 15) is 29.7 Å². The van der Waals surface area contributed by atoms with Gasteiger partial charge in [0.15, 0.2) is 0 Å². The van der Waals surface area contributed by atoms with Gasteiger partial charge in [-0.05, 0) is 19.3 Å². The van der Waals surface area contributed by atoms with Gasteiger partial charge in [0.05, 0.1) is 6.10 Å². The summed E-state index contributed by atoms with van der Waals surface area (Å²) in [6, 6.07) is -1.95. The van der Waals surface area contributed by atoms with Gasteiger partial charge in [0.1, 0.15) is 18.2 Å². The summed E-state index contributed by atoms with van der Waals surface area (Å²) in [6.45, 7) is 4.96. The highest BCUT2D eigenvalue weighted by Crippen LogP contribution is 2.22. The van der Waals surface area contributed by atoms with E-state index in [1.165, 1.54) is 14.0 Å². The maximum Gasteiger partial charge on any atom is 0.326 e. The number of aliphatic hydroxyl groups excluding tert-OH is 2. The molecule has 2 amide bonds. The van der Waals surface area contributed by atoms with Gasteiger partial charge in [0, 0.05) is 20.0 Å². The minimum Gasteiger partial charge on any atom is -0.480 e. The summed E-state index contributed by atoms with van der Waals surface area (Å²) in [4.78, 5) is 38.3. The van der Waals surface area contributed by atoms with Crippen LogP contribution in [0.25, 0.3) is 0 Å². The number of rotatable bonds is 6. The van der Waals surface area contributed by atoms with Crippen LogP contribution < -0.4 is 0 Å². The molecule has 4 atom stereocenters. The fraction of sp³-hybridized carbons (Fsp3) is 0.800. The lowest BCUT2D eigenvalue weighted by molar-refractivity contribution is -0.154. The van der Waals surface area contributed by atoms with Crippen LogP contribution in [-0.4, -0.2) is 80.8 Å². The summed E-state index contributed by atoms with van der Waals surface area (Å²) in [5.74, 6) is -2.22. The van der Waals surface area contributed by atoms with Crippen LogP contribution in [0, 0.1) is 5.92 Å². The molecule has 23 heavy (non-hydrogen) atoms. The van der Waals surface area contributed by atoms with Crippen molar-refractivity contribution in [1.29, 1.82) is 0 Å². The Kier molecular flexibility index (Phi) is 6.52. The Labute approximate surface area is 135 Å². The van der Waals surface area contributed by atoms with E-state index in [1.807, 2.05) is 13.8 Å². The molecule has 1 rings (SSSR count). The van der Waals surface area contributed by atoms with Gasteiger partial charge in [-0.3, -0.25) is 9.59 Å². The molecule has 0 radical (unpaired) electrons. The molecular weight excluding hydrogens is 304 g/mol. The van der Waals surface area contributed by atoms with Gasteiger partial charge in [-0.25, -0.2) is 4.79 Å². The first-order chi connectivity index (χ1) is 10.6. The zero-order valence-corrected chi connectivity index (χ0v) is 14.0. The van der Waals surface area contributed by atoms with Crippen molar-refractivity contribution in [3.8, 4) is 0 Å². The van der Waals surface area contributed by atoms with Crippen molar-refractivity contribution >= 4 is 17.8 Å². The number of likely N-dealkylation sites (tertiary alicyclic amines) is 1. The molecule has 0 aromatic heterocycles. The SMILES string of the molecule is CC(C)C[C@H](C(=O)O)N(C)C(=O)[C@@H]1C[C@@H](O)CN1C(=O)[C@H](C)O. The maximum atomic E-state index is 12.6. The van der Waals surface area contributed by atoms with E-state index in [4.69, 9.17) is 0 Å². The largest absolute Gasteiger partial charge is 0.480 e. The average molecular weight is 330 g/mol. The van der Waals surface area contributed by atoms with Crippen molar-refractivity contribution < 1.29 is 29.7 Å². The third-order valence-electron chi connectivity index (χ3n) is 4.00. The second-order valence-corrected chi connectivity index (χ2v) is 6.50. The van der Waals surface area contributed by atoms with E-state index in [0.29, 0.717) is 0 Å². The number of hydrogen-bond acceptors (Lipinski definition) is 5. The first-order valence-electron chi connectivity index (χ1n) is 7.72. The molecule has 0 spiro atoms. The maximum absolute atomic E-state index is 12.6. The van der Waals surface area contributed by atoms with Gasteiger partial charge in [-0.2, -0.15) is 0 Å². The summed E-state index contributed by atoms with van der Waals surface area (Å²) in [5, 5.41) is 28.5. The van der Waals surface area contributed by atoms with Crippen LogP contribution in [0.15, 0.2) is 0 Å². The summed E-state index contributed by atoms with van der Waals surface area (Å²) >= 11 is 0. The van der Waals surface area contributed by atoms with E-state index in [2.05, 4.69) is 0 Å². The molecule has 8 heteroatoms. The minimum absolute atomic E-state index is 0.0374. The summed E-state index contributed by atoms with van der Waals surface area (Å²) in [7, 11) is 1.39. The number of β-amino-alcohol motifs (C(OH)–C–C–N with tert-alkyl or cyclic N) is 1. The van der Waals surface area contributed by atoms with Crippen LogP contribution in [0.5, 0.6) is 0 Å². The van der Waals surface area contributed by atoms with Crippen LogP contribution >= 0.6 is 0 Å². The van der Waals surface area contributed by atoms with Crippen molar-refractivity contribution in [2.24, 2.45) is 5.92 Å². The summed E-state index contributed by atoms with van der Waals surface area (Å²) < 4.78 is 0. The highest BCUT2D eigenvalue weighted by molar-refractivity contribution is 5.91. The molecule has 3 N–H and O–H groups in total. The Balaban J connectivity index is 2.95. The normalized spacial score (nSPS) is 23.7. The topological polar surface area (TPSA) is 118 Å². The summed E-state index contributed by atoms with van der Waals surface area (Å²) in [6.07, 6.45) is -1.83. The lowest BCUT2D eigenvalue weighted by atomic mass is 10.0. The summed E-state index contributed by atoms with van der Waals surface area (Å²) in [5.41, 5.74) is 0. The fourth-order valence-electron chi connectivity index (χ4n) is 2.79. The van der Waals surface area contributed by atoms with Gasteiger partial charge in [0.2, 0.25) is 5.91 Å². The molecule has 132 valence electrons. The highest BCUT2D eigenvalue weighted by Gasteiger charge is 2.43. The Morgan fingerprint density at radius 2 is 1.83 bits per heavy atom. The number of carbonyl (C=O) groups is 3. The predicted molar refractivity (Wildman–Crippen MR) is 81.5 cm³/mol. The van der Waals surface area contributed by atoms with Crippen molar-refractivity contribution in [1.82, 2.24) is 9.80 Å². The first-order valence-corrected chi connectivity index (χ1v) is 7.72. The zero-order valence-electron chi connectivity index (χ0n) is 14.0. The zero-order chi connectivity index (χ0) is 17.9. The number of amides is 2. The van der Waals surface area contributed by atoms with Crippen molar-refractivity contribution in [2.75, 3.05) is 13.6 Å². The first kappa shape index (κ1) is 19.4. The standard InChI is InChI=1S/C15H26N2O6/c1-8(2)5-12(15(22)23)16(4)14(21)11-6-10(19)7-17(11)13(20)9(3)18/h8-12,18-19H,5-7H2,1-4H3,(H,22,23)/t9-,10+,11-,12+/m0/s1. The van der Waals surface area contributed by atoms with Crippen molar-refractivity contribution in [3.05, 3.63) is 0 Å². The Hall–Kier alpha value is -1.67. The number of aliphatic carboxylic acids is 1. The van der Waals surface area contributed by atoms with E-state index >= 15 is 0 Å². The van der Waals surface area contributed by atoms with Crippen LogP contribution in [-0.2, 0) is 14.4 Å². The minimum atomic E-state index is -1.29. The molecule has 1 aliphatic rings. The Bertz CT molecular complexity index is 465. The average Bonchev–Trinajstić information content (AvgIpc) is 2.83. The number of carboxylic acid groups (broad SMARTS) is 1. The van der Waals surface area contributed by atoms with Gasteiger partial charge < -0.3 is 25.1 Å². The molecule has 1 saturated heterocycles. The van der Waals surface area contributed by atoms with Gasteiger partial charge >= 0.3 is 5.97 Å². The highest BCUT2D eigenvalue weighted by atomic mass is 16.4. The monoisotopic (exact) mass is 330 g/mol. The van der Waals surface area contributed by atoms with Gasteiger partial charge in [-0.1, -0.05) is 13.8 Å². The van der Waals surface area contributed by atoms with E-state index < -0.39 is 42.1 Å². The quantitative estimate of drug-likeness (QED) is 0.592. The van der Waals surface area contributed by atoms with Crippen LogP contribution in [0.1, 0.15) is 33.6 Å². The van der Waals surface area contributed by atoms with E-state index in [1.54, 1.807) is 0 Å². The molecule has 8 nitrogen and oxygen atoms in total.